The largest absolute Gasteiger partial charge is 0.320 e. The van der Waals surface area contributed by atoms with Crippen LogP contribution in [-0.2, 0) is 7.05 Å². The van der Waals surface area contributed by atoms with Crippen molar-refractivity contribution in [1.82, 2.24) is 9.78 Å². The minimum absolute atomic E-state index is 0.0326. The zero-order chi connectivity index (χ0) is 17.3. The van der Waals surface area contributed by atoms with Gasteiger partial charge in [-0.2, -0.15) is 5.10 Å². The fraction of sp³-hybridized carbons (Fsp3) is 0.176. The van der Waals surface area contributed by atoms with E-state index in [9.17, 15) is 14.9 Å². The first kappa shape index (κ1) is 15.7. The van der Waals surface area contributed by atoms with Gasteiger partial charge < -0.3 is 4.90 Å². The highest BCUT2D eigenvalue weighted by atomic mass is 16.6. The number of anilines is 1. The number of amides is 1. The molecular formula is C17H16N4O3. The number of carbonyl (C=O) groups excluding carboxylic acids is 1. The highest BCUT2D eigenvalue weighted by molar-refractivity contribution is 6.11. The van der Waals surface area contributed by atoms with Crippen LogP contribution in [0.15, 0.2) is 48.7 Å². The summed E-state index contributed by atoms with van der Waals surface area (Å²) in [6.45, 7) is 2.22. The van der Waals surface area contributed by atoms with Crippen molar-refractivity contribution >= 4 is 28.1 Å². The number of rotatable bonds is 4. The van der Waals surface area contributed by atoms with Gasteiger partial charge >= 0.3 is 5.69 Å². The molecule has 0 saturated carbocycles. The van der Waals surface area contributed by atoms with E-state index in [4.69, 9.17) is 0 Å². The van der Waals surface area contributed by atoms with Crippen molar-refractivity contribution in [2.45, 2.75) is 6.92 Å². The third-order valence-corrected chi connectivity index (χ3v) is 3.94. The van der Waals surface area contributed by atoms with Gasteiger partial charge in [-0.1, -0.05) is 36.4 Å². The number of hydrogen-bond donors (Lipinski definition) is 0. The van der Waals surface area contributed by atoms with Crippen LogP contribution in [0.3, 0.4) is 0 Å². The summed E-state index contributed by atoms with van der Waals surface area (Å²) in [6, 6.07) is 13.4. The summed E-state index contributed by atoms with van der Waals surface area (Å²) in [6.07, 6.45) is 1.10. The molecule has 0 fully saturated rings. The fourth-order valence-electron chi connectivity index (χ4n) is 2.80. The van der Waals surface area contributed by atoms with Gasteiger partial charge in [0.15, 0.2) is 0 Å². The van der Waals surface area contributed by atoms with Gasteiger partial charge in [0.1, 0.15) is 6.20 Å². The fourth-order valence-corrected chi connectivity index (χ4v) is 2.80. The number of aryl methyl sites for hydroxylation is 1. The lowest BCUT2D eigenvalue weighted by Gasteiger charge is -2.22. The lowest BCUT2D eigenvalue weighted by Crippen LogP contribution is -2.32. The molecule has 1 amide bonds. The Hall–Kier alpha value is -3.22. The third-order valence-electron chi connectivity index (χ3n) is 3.94. The lowest BCUT2D eigenvalue weighted by molar-refractivity contribution is -0.385. The van der Waals surface area contributed by atoms with Crippen molar-refractivity contribution in [3.05, 3.63) is 64.5 Å². The van der Waals surface area contributed by atoms with E-state index < -0.39 is 10.8 Å². The molecule has 3 rings (SSSR count). The second-order valence-corrected chi connectivity index (χ2v) is 5.31. The maximum absolute atomic E-state index is 13.0. The first-order valence-electron chi connectivity index (χ1n) is 7.50. The number of carbonyl (C=O) groups is 1. The predicted octanol–water partition coefficient (Wildman–Crippen LogP) is 3.15. The smallest absolute Gasteiger partial charge is 0.306 e. The lowest BCUT2D eigenvalue weighted by atomic mass is 10.1. The maximum Gasteiger partial charge on any atom is 0.320 e. The van der Waals surface area contributed by atoms with Crippen LogP contribution in [0.5, 0.6) is 0 Å². The molecule has 2 aromatic carbocycles. The Morgan fingerprint density at radius 2 is 1.96 bits per heavy atom. The minimum Gasteiger partial charge on any atom is -0.306 e. The molecule has 0 N–H and O–H groups in total. The number of nitrogens with zero attached hydrogens (tertiary/aromatic N) is 4. The summed E-state index contributed by atoms with van der Waals surface area (Å²) in [5.41, 5.74) is 0.395. The Balaban J connectivity index is 2.14. The first-order valence-corrected chi connectivity index (χ1v) is 7.50. The van der Waals surface area contributed by atoms with Gasteiger partial charge in [0.2, 0.25) is 5.69 Å². The molecule has 0 aliphatic carbocycles. The minimum atomic E-state index is -0.586. The van der Waals surface area contributed by atoms with Gasteiger partial charge in [0.05, 0.1) is 10.6 Å². The third kappa shape index (κ3) is 2.50. The van der Waals surface area contributed by atoms with Gasteiger partial charge in [0.25, 0.3) is 5.91 Å². The molecule has 7 nitrogen and oxygen atoms in total. The molecule has 0 radical (unpaired) electrons. The summed E-state index contributed by atoms with van der Waals surface area (Å²) in [5.74, 6) is -0.444. The highest BCUT2D eigenvalue weighted by Crippen LogP contribution is 2.29. The van der Waals surface area contributed by atoms with E-state index >= 15 is 0 Å². The quantitative estimate of drug-likeness (QED) is 0.545. The van der Waals surface area contributed by atoms with Gasteiger partial charge in [-0.15, -0.1) is 0 Å². The Morgan fingerprint density at radius 1 is 1.25 bits per heavy atom. The van der Waals surface area contributed by atoms with Crippen LogP contribution < -0.4 is 4.90 Å². The molecule has 0 spiro atoms. The second-order valence-electron chi connectivity index (χ2n) is 5.31. The van der Waals surface area contributed by atoms with Crippen LogP contribution in [0.1, 0.15) is 17.4 Å². The van der Waals surface area contributed by atoms with Gasteiger partial charge in [-0.25, -0.2) is 0 Å². The molecule has 0 bridgehead atoms. The van der Waals surface area contributed by atoms with E-state index in [1.54, 1.807) is 0 Å². The molecule has 0 unspecified atom stereocenters. The van der Waals surface area contributed by atoms with Gasteiger partial charge in [-0.3, -0.25) is 19.6 Å². The van der Waals surface area contributed by atoms with Crippen molar-refractivity contribution in [3.8, 4) is 0 Å². The Morgan fingerprint density at radius 3 is 2.67 bits per heavy atom. The molecule has 3 aromatic rings. The molecule has 0 atom stereocenters. The number of fused-ring (bicyclic) bond motifs is 1. The Bertz CT molecular complexity index is 927. The molecule has 0 aliphatic heterocycles. The molecule has 7 heteroatoms. The van der Waals surface area contributed by atoms with Crippen LogP contribution in [0.25, 0.3) is 10.8 Å². The van der Waals surface area contributed by atoms with E-state index in [1.807, 2.05) is 49.4 Å². The normalized spacial score (nSPS) is 10.8. The summed E-state index contributed by atoms with van der Waals surface area (Å²) < 4.78 is 1.24. The van der Waals surface area contributed by atoms with Crippen LogP contribution in [0, 0.1) is 10.1 Å². The summed E-state index contributed by atoms with van der Waals surface area (Å²) in [5, 5.41) is 17.0. The standard InChI is InChI=1S/C17H16N4O3/c1-3-20(14-10-6-8-12-7-4-5-9-13(12)14)17(22)16-15(21(23)24)11-18-19(16)2/h4-11H,3H2,1-2H3. The average Bonchev–Trinajstić information content (AvgIpc) is 2.97. The summed E-state index contributed by atoms with van der Waals surface area (Å²) in [4.78, 5) is 25.1. The van der Waals surface area contributed by atoms with Crippen molar-refractivity contribution in [2.75, 3.05) is 11.4 Å². The van der Waals surface area contributed by atoms with E-state index in [1.165, 1.54) is 16.6 Å². The molecule has 1 aromatic heterocycles. The van der Waals surface area contributed by atoms with Gasteiger partial charge in [-0.05, 0) is 18.4 Å². The van der Waals surface area contributed by atoms with E-state index in [0.29, 0.717) is 6.54 Å². The zero-order valence-electron chi connectivity index (χ0n) is 13.3. The van der Waals surface area contributed by atoms with Crippen molar-refractivity contribution in [1.29, 1.82) is 0 Å². The molecule has 24 heavy (non-hydrogen) atoms. The van der Waals surface area contributed by atoms with Crippen molar-refractivity contribution in [2.24, 2.45) is 7.05 Å². The zero-order valence-corrected chi connectivity index (χ0v) is 13.3. The number of hydrogen-bond acceptors (Lipinski definition) is 4. The van der Waals surface area contributed by atoms with E-state index in [0.717, 1.165) is 22.7 Å². The summed E-state index contributed by atoms with van der Waals surface area (Å²) >= 11 is 0. The molecular weight excluding hydrogens is 308 g/mol. The van der Waals surface area contributed by atoms with Crippen LogP contribution in [0.4, 0.5) is 11.4 Å². The van der Waals surface area contributed by atoms with Crippen molar-refractivity contribution < 1.29 is 9.72 Å². The summed E-state index contributed by atoms with van der Waals surface area (Å²) in [7, 11) is 1.52. The molecule has 122 valence electrons. The Kier molecular flexibility index (Phi) is 3.99. The van der Waals surface area contributed by atoms with Crippen molar-refractivity contribution in [3.63, 3.8) is 0 Å². The number of aromatic nitrogens is 2. The van der Waals surface area contributed by atoms with Crippen LogP contribution >= 0.6 is 0 Å². The highest BCUT2D eigenvalue weighted by Gasteiger charge is 2.30. The second kappa shape index (κ2) is 6.11. The predicted molar refractivity (Wildman–Crippen MR) is 91.2 cm³/mol. The number of nitro groups is 1. The SMILES string of the molecule is CCN(C(=O)c1c([N+](=O)[O-])cnn1C)c1cccc2ccccc12. The molecule has 0 saturated heterocycles. The number of benzene rings is 2. The van der Waals surface area contributed by atoms with Gasteiger partial charge in [0, 0.05) is 19.0 Å². The average molecular weight is 324 g/mol. The Labute approximate surface area is 138 Å². The molecule has 1 heterocycles. The molecule has 0 aliphatic rings. The van der Waals surface area contributed by atoms with E-state index in [-0.39, 0.29) is 11.4 Å². The van der Waals surface area contributed by atoms with Crippen LogP contribution in [0.2, 0.25) is 0 Å². The van der Waals surface area contributed by atoms with E-state index in [2.05, 4.69) is 5.10 Å². The topological polar surface area (TPSA) is 81.3 Å². The first-order chi connectivity index (χ1) is 11.5. The van der Waals surface area contributed by atoms with Crippen LogP contribution in [-0.4, -0.2) is 27.2 Å². The monoisotopic (exact) mass is 324 g/mol. The maximum atomic E-state index is 13.0.